The molecule has 0 radical (unpaired) electrons. The molecule has 2 aromatic rings. The molecule has 0 fully saturated rings. The highest BCUT2D eigenvalue weighted by molar-refractivity contribution is 9.10. The van der Waals surface area contributed by atoms with E-state index in [2.05, 4.69) is 58.3 Å². The smallest absolute Gasteiger partial charge is 0.0593 e. The van der Waals surface area contributed by atoms with E-state index < -0.39 is 0 Å². The molecule has 0 aliphatic heterocycles. The van der Waals surface area contributed by atoms with Crippen LogP contribution in [0.2, 0.25) is 0 Å². The molecule has 0 spiro atoms. The number of halogens is 1. The van der Waals surface area contributed by atoms with Crippen LogP contribution >= 0.6 is 15.9 Å². The molecule has 0 amide bonds. The second kappa shape index (κ2) is 4.66. The topological polar surface area (TPSA) is 24.9 Å². The number of aryl methyl sites for hydroxylation is 1. The Kier molecular flexibility index (Phi) is 3.25. The van der Waals surface area contributed by atoms with Gasteiger partial charge in [0.05, 0.1) is 10.2 Å². The van der Waals surface area contributed by atoms with Crippen molar-refractivity contribution >= 4 is 27.3 Å². The quantitative estimate of drug-likeness (QED) is 0.889. The van der Waals surface area contributed by atoms with Crippen molar-refractivity contribution in [2.45, 2.75) is 13.8 Å². The summed E-state index contributed by atoms with van der Waals surface area (Å²) in [7, 11) is 0. The minimum Gasteiger partial charge on any atom is -0.354 e. The lowest BCUT2D eigenvalue weighted by Crippen LogP contribution is -1.95. The average Bonchev–Trinajstić information content (AvgIpc) is 2.28. The summed E-state index contributed by atoms with van der Waals surface area (Å²) in [5.41, 5.74) is 4.72. The standard InChI is InChI=1S/C13H13BrN2/c1-9-4-3-5-12(10(9)2)16-13-6-7-15-8-11(13)14/h3-8H,1-2H3,(H,15,16). The summed E-state index contributed by atoms with van der Waals surface area (Å²) >= 11 is 3.47. The van der Waals surface area contributed by atoms with Gasteiger partial charge in [-0.3, -0.25) is 4.98 Å². The van der Waals surface area contributed by atoms with Gasteiger partial charge in [-0.1, -0.05) is 12.1 Å². The highest BCUT2D eigenvalue weighted by atomic mass is 79.9. The number of hydrogen-bond acceptors (Lipinski definition) is 2. The first-order valence-corrected chi connectivity index (χ1v) is 5.90. The van der Waals surface area contributed by atoms with Crippen molar-refractivity contribution in [3.63, 3.8) is 0 Å². The number of anilines is 2. The van der Waals surface area contributed by atoms with Crippen LogP contribution in [0.1, 0.15) is 11.1 Å². The molecule has 0 saturated heterocycles. The molecule has 1 aromatic heterocycles. The first-order chi connectivity index (χ1) is 7.68. The number of nitrogens with one attached hydrogen (secondary N) is 1. The molecular formula is C13H13BrN2. The summed E-state index contributed by atoms with van der Waals surface area (Å²) in [5.74, 6) is 0. The van der Waals surface area contributed by atoms with Crippen molar-refractivity contribution in [2.24, 2.45) is 0 Å². The van der Waals surface area contributed by atoms with E-state index in [-0.39, 0.29) is 0 Å². The minimum atomic E-state index is 0.968. The lowest BCUT2D eigenvalue weighted by atomic mass is 10.1. The van der Waals surface area contributed by atoms with Crippen molar-refractivity contribution in [2.75, 3.05) is 5.32 Å². The molecule has 0 bridgehead atoms. The number of nitrogens with zero attached hydrogens (tertiary/aromatic N) is 1. The van der Waals surface area contributed by atoms with Gasteiger partial charge in [0, 0.05) is 18.1 Å². The Morgan fingerprint density at radius 2 is 1.94 bits per heavy atom. The second-order valence-electron chi connectivity index (χ2n) is 3.73. The monoisotopic (exact) mass is 276 g/mol. The van der Waals surface area contributed by atoms with Gasteiger partial charge in [-0.05, 0) is 53.0 Å². The van der Waals surface area contributed by atoms with Crippen molar-refractivity contribution < 1.29 is 0 Å². The lowest BCUT2D eigenvalue weighted by molar-refractivity contribution is 1.29. The van der Waals surface area contributed by atoms with Crippen molar-refractivity contribution in [3.8, 4) is 0 Å². The van der Waals surface area contributed by atoms with Gasteiger partial charge < -0.3 is 5.32 Å². The third-order valence-electron chi connectivity index (χ3n) is 2.65. The molecule has 0 aliphatic rings. The number of pyridine rings is 1. The van der Waals surface area contributed by atoms with E-state index in [0.717, 1.165) is 15.8 Å². The van der Waals surface area contributed by atoms with Crippen LogP contribution in [0.4, 0.5) is 11.4 Å². The maximum atomic E-state index is 4.04. The van der Waals surface area contributed by atoms with Crippen LogP contribution in [-0.2, 0) is 0 Å². The highest BCUT2D eigenvalue weighted by Crippen LogP contribution is 2.27. The number of aromatic nitrogens is 1. The predicted octanol–water partition coefficient (Wildman–Crippen LogP) is 4.20. The molecule has 1 heterocycles. The Bertz CT molecular complexity index is 509. The van der Waals surface area contributed by atoms with Crippen LogP contribution in [-0.4, -0.2) is 4.98 Å². The normalized spacial score (nSPS) is 10.2. The fraction of sp³-hybridized carbons (Fsp3) is 0.154. The Balaban J connectivity index is 2.35. The third-order valence-corrected chi connectivity index (χ3v) is 3.28. The highest BCUT2D eigenvalue weighted by Gasteiger charge is 2.03. The molecule has 1 N–H and O–H groups in total. The van der Waals surface area contributed by atoms with Gasteiger partial charge >= 0.3 is 0 Å². The van der Waals surface area contributed by atoms with E-state index in [9.17, 15) is 0 Å². The second-order valence-corrected chi connectivity index (χ2v) is 4.58. The van der Waals surface area contributed by atoms with Crippen LogP contribution in [0, 0.1) is 13.8 Å². The molecular weight excluding hydrogens is 264 g/mol. The van der Waals surface area contributed by atoms with E-state index in [1.807, 2.05) is 6.07 Å². The molecule has 16 heavy (non-hydrogen) atoms. The van der Waals surface area contributed by atoms with Gasteiger partial charge in [0.25, 0.3) is 0 Å². The number of benzene rings is 1. The lowest BCUT2D eigenvalue weighted by Gasteiger charge is -2.12. The van der Waals surface area contributed by atoms with Crippen molar-refractivity contribution in [3.05, 3.63) is 52.3 Å². The van der Waals surface area contributed by atoms with Gasteiger partial charge in [0.15, 0.2) is 0 Å². The minimum absolute atomic E-state index is 0.968. The molecule has 82 valence electrons. The predicted molar refractivity (Wildman–Crippen MR) is 71.1 cm³/mol. The van der Waals surface area contributed by atoms with Gasteiger partial charge in [-0.25, -0.2) is 0 Å². The molecule has 1 aromatic carbocycles. The van der Waals surface area contributed by atoms with Crippen LogP contribution in [0.5, 0.6) is 0 Å². The summed E-state index contributed by atoms with van der Waals surface area (Å²) in [4.78, 5) is 4.04. The summed E-state index contributed by atoms with van der Waals surface area (Å²) < 4.78 is 0.968. The Labute approximate surface area is 104 Å². The fourth-order valence-electron chi connectivity index (χ4n) is 1.51. The van der Waals surface area contributed by atoms with Crippen LogP contribution in [0.25, 0.3) is 0 Å². The fourth-order valence-corrected chi connectivity index (χ4v) is 1.86. The first kappa shape index (κ1) is 11.1. The van der Waals surface area contributed by atoms with Gasteiger partial charge in [-0.15, -0.1) is 0 Å². The molecule has 0 aliphatic carbocycles. The van der Waals surface area contributed by atoms with Gasteiger partial charge in [-0.2, -0.15) is 0 Å². The van der Waals surface area contributed by atoms with Gasteiger partial charge in [0.2, 0.25) is 0 Å². The van der Waals surface area contributed by atoms with Crippen molar-refractivity contribution in [1.29, 1.82) is 0 Å². The summed E-state index contributed by atoms with van der Waals surface area (Å²) in [6.07, 6.45) is 3.56. The first-order valence-electron chi connectivity index (χ1n) is 5.11. The Morgan fingerprint density at radius 3 is 2.69 bits per heavy atom. The molecule has 0 atom stereocenters. The largest absolute Gasteiger partial charge is 0.354 e. The zero-order valence-electron chi connectivity index (χ0n) is 9.29. The summed E-state index contributed by atoms with van der Waals surface area (Å²) in [6.45, 7) is 4.23. The Hall–Kier alpha value is -1.35. The number of hydrogen-bond donors (Lipinski definition) is 1. The summed E-state index contributed by atoms with van der Waals surface area (Å²) in [5, 5.41) is 3.39. The zero-order valence-corrected chi connectivity index (χ0v) is 10.9. The Morgan fingerprint density at radius 1 is 1.12 bits per heavy atom. The molecule has 2 rings (SSSR count). The van der Waals surface area contributed by atoms with Crippen molar-refractivity contribution in [1.82, 2.24) is 4.98 Å². The van der Waals surface area contributed by atoms with E-state index in [0.29, 0.717) is 0 Å². The molecule has 0 unspecified atom stereocenters. The van der Waals surface area contributed by atoms with Gasteiger partial charge in [0.1, 0.15) is 0 Å². The molecule has 3 heteroatoms. The summed E-state index contributed by atoms with van der Waals surface area (Å²) in [6, 6.07) is 8.20. The maximum Gasteiger partial charge on any atom is 0.0593 e. The van der Waals surface area contributed by atoms with E-state index in [1.165, 1.54) is 11.1 Å². The SMILES string of the molecule is Cc1cccc(Nc2ccncc2Br)c1C. The third kappa shape index (κ3) is 2.25. The van der Waals surface area contributed by atoms with E-state index in [4.69, 9.17) is 0 Å². The maximum absolute atomic E-state index is 4.04. The van der Waals surface area contributed by atoms with E-state index in [1.54, 1.807) is 12.4 Å². The molecule has 2 nitrogen and oxygen atoms in total. The van der Waals surface area contributed by atoms with Crippen LogP contribution in [0.15, 0.2) is 41.1 Å². The van der Waals surface area contributed by atoms with Crippen LogP contribution < -0.4 is 5.32 Å². The molecule has 0 saturated carbocycles. The van der Waals surface area contributed by atoms with E-state index >= 15 is 0 Å². The zero-order chi connectivity index (χ0) is 11.5. The average molecular weight is 277 g/mol. The number of rotatable bonds is 2. The van der Waals surface area contributed by atoms with Crippen LogP contribution in [0.3, 0.4) is 0 Å².